The lowest BCUT2D eigenvalue weighted by molar-refractivity contribution is 0.670. The normalized spacial score (nSPS) is 13.2. The zero-order valence-electron chi connectivity index (χ0n) is 27.2. The number of benzene rings is 6. The molecule has 0 fully saturated rings. The molecule has 0 aliphatic carbocycles. The lowest BCUT2D eigenvalue weighted by atomic mass is 9.80. The fourth-order valence-electron chi connectivity index (χ4n) is 6.82. The minimum Gasteiger partial charge on any atom is -0.455 e. The molecule has 1 heterocycles. The van der Waals surface area contributed by atoms with Crippen LogP contribution >= 0.6 is 0 Å². The van der Waals surface area contributed by atoms with Crippen LogP contribution in [-0.4, -0.2) is 7.85 Å². The largest absolute Gasteiger partial charge is 0.455 e. The smallest absolute Gasteiger partial charge is 0.143 e. The number of furan rings is 1. The van der Waals surface area contributed by atoms with Crippen molar-refractivity contribution in [3.8, 4) is 22.3 Å². The summed E-state index contributed by atoms with van der Waals surface area (Å²) in [5.74, 6) is 0. The van der Waals surface area contributed by atoms with Crippen LogP contribution < -0.4 is 5.46 Å². The molecule has 0 unspecified atom stereocenters. The van der Waals surface area contributed by atoms with Crippen molar-refractivity contribution in [2.24, 2.45) is 0 Å². The minimum absolute atomic E-state index is 0.906. The number of hydrogen-bond acceptors (Lipinski definition) is 1. The van der Waals surface area contributed by atoms with Gasteiger partial charge >= 0.3 is 0 Å². The summed E-state index contributed by atoms with van der Waals surface area (Å²) >= 11 is 0. The molecular weight excluding hydrogens is 555 g/mol. The first kappa shape index (κ1) is 29.4. The molecule has 0 atom stereocenters. The van der Waals surface area contributed by atoms with Crippen LogP contribution in [0.4, 0.5) is 0 Å². The van der Waals surface area contributed by atoms with Gasteiger partial charge in [0.25, 0.3) is 0 Å². The van der Waals surface area contributed by atoms with Gasteiger partial charge in [-0.1, -0.05) is 139 Å². The summed E-state index contributed by atoms with van der Waals surface area (Å²) in [6.07, 6.45) is 10.7. The average molecular weight is 593 g/mol. The zero-order chi connectivity index (χ0) is 31.8. The molecule has 0 amide bonds. The highest BCUT2D eigenvalue weighted by Gasteiger charge is 2.21. The molecule has 0 radical (unpaired) electrons. The van der Waals surface area contributed by atoms with E-state index in [9.17, 15) is 0 Å². The third-order valence-corrected chi connectivity index (χ3v) is 9.28. The van der Waals surface area contributed by atoms with E-state index in [1.807, 2.05) is 6.92 Å². The van der Waals surface area contributed by atoms with Gasteiger partial charge in [-0.25, -0.2) is 0 Å². The zero-order valence-corrected chi connectivity index (χ0v) is 27.2. The lowest BCUT2D eigenvalue weighted by Gasteiger charge is -2.19. The van der Waals surface area contributed by atoms with Gasteiger partial charge in [0.1, 0.15) is 19.0 Å². The second kappa shape index (κ2) is 12.2. The Morgan fingerprint density at radius 2 is 1.24 bits per heavy atom. The van der Waals surface area contributed by atoms with Gasteiger partial charge < -0.3 is 4.42 Å². The van der Waals surface area contributed by atoms with E-state index in [2.05, 4.69) is 168 Å². The van der Waals surface area contributed by atoms with E-state index >= 15 is 0 Å². The highest BCUT2D eigenvalue weighted by atomic mass is 16.3. The Bertz CT molecular complexity index is 2400. The molecule has 1 nitrogen and oxygen atoms in total. The molecule has 0 saturated heterocycles. The third-order valence-electron chi connectivity index (χ3n) is 9.28. The Kier molecular flexibility index (Phi) is 7.80. The van der Waals surface area contributed by atoms with Crippen molar-refractivity contribution < 1.29 is 4.42 Å². The summed E-state index contributed by atoms with van der Waals surface area (Å²) < 4.78 is 6.82. The highest BCUT2D eigenvalue weighted by molar-refractivity contribution is 6.43. The number of rotatable bonds is 6. The van der Waals surface area contributed by atoms with Crippen LogP contribution in [-0.2, 0) is 0 Å². The first-order valence-electron chi connectivity index (χ1n) is 16.1. The number of para-hydroxylation sites is 1. The summed E-state index contributed by atoms with van der Waals surface area (Å²) in [5.41, 5.74) is 12.8. The first-order chi connectivity index (χ1) is 22.5. The van der Waals surface area contributed by atoms with Gasteiger partial charge in [0.15, 0.2) is 0 Å². The van der Waals surface area contributed by atoms with Crippen LogP contribution in [0.3, 0.4) is 0 Å². The minimum atomic E-state index is 0.906. The van der Waals surface area contributed by atoms with Crippen LogP contribution in [0.25, 0.3) is 71.3 Å². The summed E-state index contributed by atoms with van der Waals surface area (Å²) in [4.78, 5) is 0. The van der Waals surface area contributed by atoms with Crippen LogP contribution in [0.1, 0.15) is 33.3 Å². The van der Waals surface area contributed by atoms with Gasteiger partial charge in [0.2, 0.25) is 0 Å². The van der Waals surface area contributed by atoms with Gasteiger partial charge in [-0.05, 0) is 88.7 Å². The van der Waals surface area contributed by atoms with Crippen molar-refractivity contribution in [1.29, 1.82) is 0 Å². The van der Waals surface area contributed by atoms with Gasteiger partial charge in [-0.2, -0.15) is 0 Å². The summed E-state index contributed by atoms with van der Waals surface area (Å²) in [7, 11) is 2.23. The fraction of sp³-hybridized carbons (Fsp3) is 0.0909. The molecule has 1 aromatic heterocycles. The molecule has 0 aliphatic rings. The number of fused-ring (bicyclic) bond motifs is 5. The Hall–Kier alpha value is -5.34. The van der Waals surface area contributed by atoms with Crippen molar-refractivity contribution >= 4 is 62.4 Å². The Morgan fingerprint density at radius 1 is 0.587 bits per heavy atom. The number of hydrogen-bond donors (Lipinski definition) is 0. The second-order valence-corrected chi connectivity index (χ2v) is 12.2. The Balaban J connectivity index is 1.50. The predicted molar refractivity (Wildman–Crippen MR) is 204 cm³/mol. The van der Waals surface area contributed by atoms with E-state index in [1.165, 1.54) is 66.0 Å². The van der Waals surface area contributed by atoms with E-state index in [1.54, 1.807) is 0 Å². The third kappa shape index (κ3) is 5.01. The molecule has 0 bridgehead atoms. The van der Waals surface area contributed by atoms with Gasteiger partial charge in [-0.15, -0.1) is 0 Å². The van der Waals surface area contributed by atoms with Crippen molar-refractivity contribution in [3.05, 3.63) is 156 Å². The maximum atomic E-state index is 6.82. The maximum absolute atomic E-state index is 6.82. The second-order valence-electron chi connectivity index (χ2n) is 12.2. The van der Waals surface area contributed by atoms with Crippen LogP contribution in [0.2, 0.25) is 0 Å². The predicted octanol–water partition coefficient (Wildman–Crippen LogP) is 11.4. The lowest BCUT2D eigenvalue weighted by Crippen LogP contribution is -2.06. The molecule has 0 N–H and O–H groups in total. The highest BCUT2D eigenvalue weighted by Crippen LogP contribution is 2.46. The molecule has 6 aromatic carbocycles. The molecule has 0 aliphatic heterocycles. The molecule has 0 spiro atoms. The molecular formula is C44H37BO. The van der Waals surface area contributed by atoms with Crippen LogP contribution in [0, 0.1) is 0 Å². The van der Waals surface area contributed by atoms with Gasteiger partial charge in [0.05, 0.1) is 0 Å². The van der Waals surface area contributed by atoms with E-state index in [0.29, 0.717) is 0 Å². The first-order valence-corrected chi connectivity index (χ1v) is 16.1. The van der Waals surface area contributed by atoms with Gasteiger partial charge in [-0.3, -0.25) is 0 Å². The van der Waals surface area contributed by atoms with Gasteiger partial charge in [0, 0.05) is 21.9 Å². The molecule has 222 valence electrons. The van der Waals surface area contributed by atoms with Crippen molar-refractivity contribution in [2.75, 3.05) is 0 Å². The summed E-state index contributed by atoms with van der Waals surface area (Å²) in [6.45, 7) is 8.55. The molecule has 2 heteroatoms. The standard InChI is InChI=1S/C44H37BO/c1-5-6-15-28(2)29(3)26-27-30(4)32-20-14-25-39-42(32)37-23-12-22-36(44(37)46-39)41-34-19-11-10-18-33(34)40(31-16-8-7-9-17-31)43-35(41)21-13-24-38(43)45/h5-27H,45H2,1-4H3/b6-5-,28-15+,29-26+,30-27+. The molecule has 7 rings (SSSR count). The van der Waals surface area contributed by atoms with Crippen molar-refractivity contribution in [2.45, 2.75) is 27.7 Å². The molecule has 46 heavy (non-hydrogen) atoms. The summed E-state index contributed by atoms with van der Waals surface area (Å²) in [6, 6.07) is 39.3. The van der Waals surface area contributed by atoms with Crippen molar-refractivity contribution in [1.82, 2.24) is 0 Å². The topological polar surface area (TPSA) is 13.1 Å². The molecule has 0 saturated carbocycles. The monoisotopic (exact) mass is 592 g/mol. The van der Waals surface area contributed by atoms with E-state index in [0.717, 1.165) is 27.5 Å². The Labute approximate surface area is 272 Å². The number of allylic oxidation sites excluding steroid dienone is 8. The molecule has 7 aromatic rings. The van der Waals surface area contributed by atoms with E-state index in [4.69, 9.17) is 4.42 Å². The van der Waals surface area contributed by atoms with Crippen LogP contribution in [0.15, 0.2) is 155 Å². The quantitative estimate of drug-likeness (QED) is 0.106. The summed E-state index contributed by atoms with van der Waals surface area (Å²) in [5, 5.41) is 7.30. The van der Waals surface area contributed by atoms with E-state index in [-0.39, 0.29) is 0 Å². The fourth-order valence-corrected chi connectivity index (χ4v) is 6.82. The van der Waals surface area contributed by atoms with Crippen LogP contribution in [0.5, 0.6) is 0 Å². The maximum Gasteiger partial charge on any atom is 0.143 e. The van der Waals surface area contributed by atoms with E-state index < -0.39 is 0 Å². The SMILES string of the molecule is Bc1cccc2c(-c3cccc4c3oc3cccc(/C(C)=C/C=C(C)/C(C)=C/C=C\C)c34)c3ccccc3c(-c3ccccc3)c12. The Morgan fingerprint density at radius 3 is 2.02 bits per heavy atom. The van der Waals surface area contributed by atoms with Crippen molar-refractivity contribution in [3.63, 3.8) is 0 Å². The average Bonchev–Trinajstić information content (AvgIpc) is 3.48.